The van der Waals surface area contributed by atoms with Gasteiger partial charge >= 0.3 is 5.97 Å². The number of rotatable bonds is 11. The molecule has 4 rings (SSSR count). The molecule has 1 aliphatic rings. The van der Waals surface area contributed by atoms with Crippen molar-refractivity contribution in [3.05, 3.63) is 60.1 Å². The molecule has 1 saturated heterocycles. The van der Waals surface area contributed by atoms with Gasteiger partial charge in [-0.3, -0.25) is 9.59 Å². The number of furan rings is 1. The Balaban J connectivity index is 1.47. The lowest BCUT2D eigenvalue weighted by atomic mass is 10.1. The Morgan fingerprint density at radius 1 is 0.881 bits per heavy atom. The van der Waals surface area contributed by atoms with Crippen LogP contribution >= 0.6 is 0 Å². The molecule has 3 aromatic rings. The van der Waals surface area contributed by atoms with Crippen LogP contribution in [0.25, 0.3) is 0 Å². The first kappa shape index (κ1) is 30.4. The highest BCUT2D eigenvalue weighted by molar-refractivity contribution is 7.89. The fourth-order valence-corrected chi connectivity index (χ4v) is 5.43. The van der Waals surface area contributed by atoms with Crippen LogP contribution in [0.3, 0.4) is 0 Å². The summed E-state index contributed by atoms with van der Waals surface area (Å²) in [6, 6.07) is 9.65. The number of amides is 2. The summed E-state index contributed by atoms with van der Waals surface area (Å²) in [5.41, 5.74) is 0.0748. The number of anilines is 2. The number of esters is 1. The number of benzene rings is 2. The van der Waals surface area contributed by atoms with Gasteiger partial charge in [-0.1, -0.05) is 0 Å². The van der Waals surface area contributed by atoms with E-state index in [0.717, 1.165) is 0 Å². The largest absolute Gasteiger partial charge is 0.495 e. The van der Waals surface area contributed by atoms with Gasteiger partial charge in [0.25, 0.3) is 11.8 Å². The number of ether oxygens (including phenoxy) is 5. The lowest BCUT2D eigenvalue weighted by Crippen LogP contribution is -2.40. The van der Waals surface area contributed by atoms with E-state index in [0.29, 0.717) is 13.2 Å². The summed E-state index contributed by atoms with van der Waals surface area (Å²) in [7, 11) is 0.285. The Morgan fingerprint density at radius 3 is 2.21 bits per heavy atom. The van der Waals surface area contributed by atoms with Gasteiger partial charge < -0.3 is 38.7 Å². The molecule has 42 heavy (non-hydrogen) atoms. The summed E-state index contributed by atoms with van der Waals surface area (Å²) in [5, 5.41) is 5.09. The molecule has 2 heterocycles. The molecule has 0 radical (unpaired) electrons. The van der Waals surface area contributed by atoms with Crippen molar-refractivity contribution < 1.29 is 50.9 Å². The van der Waals surface area contributed by atoms with Gasteiger partial charge in [0.1, 0.15) is 5.75 Å². The molecule has 1 aliphatic heterocycles. The van der Waals surface area contributed by atoms with E-state index < -0.39 is 34.4 Å². The molecule has 0 saturated carbocycles. The molecule has 2 aromatic carbocycles. The van der Waals surface area contributed by atoms with Gasteiger partial charge in [-0.2, -0.15) is 4.31 Å². The highest BCUT2D eigenvalue weighted by atomic mass is 32.2. The van der Waals surface area contributed by atoms with Crippen LogP contribution in [0.15, 0.2) is 58.0 Å². The van der Waals surface area contributed by atoms with Gasteiger partial charge in [-0.15, -0.1) is 0 Å². The molecule has 2 amide bonds. The number of carbonyl (C=O) groups is 3. The van der Waals surface area contributed by atoms with E-state index in [4.69, 9.17) is 28.1 Å². The van der Waals surface area contributed by atoms with E-state index in [1.807, 2.05) is 0 Å². The summed E-state index contributed by atoms with van der Waals surface area (Å²) in [4.78, 5) is 38.2. The van der Waals surface area contributed by atoms with E-state index in [9.17, 15) is 22.8 Å². The van der Waals surface area contributed by atoms with Crippen LogP contribution in [-0.2, 0) is 24.3 Å². The van der Waals surface area contributed by atoms with Crippen molar-refractivity contribution in [2.75, 3.05) is 64.9 Å². The Morgan fingerprint density at radius 2 is 1.57 bits per heavy atom. The van der Waals surface area contributed by atoms with Gasteiger partial charge in [0.05, 0.1) is 62.6 Å². The molecule has 224 valence electrons. The summed E-state index contributed by atoms with van der Waals surface area (Å²) in [6.07, 6.45) is 1.32. The standard InChI is InChI=1S/C27H29N3O11S/c1-36-22-13-17(42(34,35)30-8-11-39-12-9-30)6-7-19(22)28-25(31)16-41-27(33)18-14-23(37-2)24(38-3)15-20(18)29-26(32)21-5-4-10-40-21/h4-7,10,13-15H,8-9,11-12,16H2,1-3H3,(H,28,31)(H,29,32). The highest BCUT2D eigenvalue weighted by Crippen LogP contribution is 2.34. The van der Waals surface area contributed by atoms with Crippen LogP contribution in [0, 0.1) is 0 Å². The van der Waals surface area contributed by atoms with Crippen molar-refractivity contribution in [3.8, 4) is 17.2 Å². The Bertz CT molecular complexity index is 1550. The minimum absolute atomic E-state index is 0.00110. The van der Waals surface area contributed by atoms with Gasteiger partial charge in [0, 0.05) is 31.3 Å². The van der Waals surface area contributed by atoms with Crippen molar-refractivity contribution in [3.63, 3.8) is 0 Å². The maximum absolute atomic E-state index is 13.0. The van der Waals surface area contributed by atoms with Crippen molar-refractivity contribution in [1.29, 1.82) is 0 Å². The van der Waals surface area contributed by atoms with Crippen LogP contribution in [0.1, 0.15) is 20.9 Å². The maximum atomic E-state index is 13.0. The van der Waals surface area contributed by atoms with E-state index >= 15 is 0 Å². The Kier molecular flexibility index (Phi) is 9.67. The molecule has 1 fully saturated rings. The van der Waals surface area contributed by atoms with Crippen molar-refractivity contribution in [1.82, 2.24) is 4.31 Å². The number of hydrogen-bond acceptors (Lipinski definition) is 11. The van der Waals surface area contributed by atoms with Crippen LogP contribution < -0.4 is 24.8 Å². The smallest absolute Gasteiger partial charge is 0.340 e. The molecule has 0 aliphatic carbocycles. The highest BCUT2D eigenvalue weighted by Gasteiger charge is 2.28. The van der Waals surface area contributed by atoms with E-state index in [1.54, 1.807) is 0 Å². The number of nitrogens with one attached hydrogen (secondary N) is 2. The second-order valence-electron chi connectivity index (χ2n) is 8.69. The first-order chi connectivity index (χ1) is 20.2. The van der Waals surface area contributed by atoms with Crippen molar-refractivity contribution in [2.45, 2.75) is 4.90 Å². The predicted octanol–water partition coefficient (Wildman–Crippen LogP) is 2.37. The third-order valence-electron chi connectivity index (χ3n) is 6.13. The molecule has 15 heteroatoms. The normalized spacial score (nSPS) is 13.6. The van der Waals surface area contributed by atoms with Crippen LogP contribution in [0.4, 0.5) is 11.4 Å². The molecule has 14 nitrogen and oxygen atoms in total. The molecule has 2 N–H and O–H groups in total. The molecule has 0 unspecified atom stereocenters. The van der Waals surface area contributed by atoms with Crippen LogP contribution in [0.2, 0.25) is 0 Å². The number of methoxy groups -OCH3 is 3. The summed E-state index contributed by atoms with van der Waals surface area (Å²) in [6.45, 7) is 0.329. The van der Waals surface area contributed by atoms with Gasteiger partial charge in [-0.05, 0) is 24.3 Å². The topological polar surface area (TPSA) is 172 Å². The van der Waals surface area contributed by atoms with Crippen molar-refractivity contribution >= 4 is 39.2 Å². The number of sulfonamides is 1. The van der Waals surface area contributed by atoms with Crippen molar-refractivity contribution in [2.24, 2.45) is 0 Å². The maximum Gasteiger partial charge on any atom is 0.340 e. The zero-order valence-corrected chi connectivity index (χ0v) is 23.8. The Labute approximate surface area is 241 Å². The zero-order chi connectivity index (χ0) is 30.3. The lowest BCUT2D eigenvalue weighted by molar-refractivity contribution is -0.119. The molecular formula is C27H29N3O11S. The number of morpholine rings is 1. The summed E-state index contributed by atoms with van der Waals surface area (Å²) < 4.78 is 58.6. The predicted molar refractivity (Wildman–Crippen MR) is 148 cm³/mol. The van der Waals surface area contributed by atoms with E-state index in [2.05, 4.69) is 10.6 Å². The second-order valence-corrected chi connectivity index (χ2v) is 10.6. The molecule has 0 atom stereocenters. The van der Waals surface area contributed by atoms with E-state index in [1.165, 1.54) is 74.4 Å². The van der Waals surface area contributed by atoms with Crippen LogP contribution in [0.5, 0.6) is 17.2 Å². The summed E-state index contributed by atoms with van der Waals surface area (Å²) in [5.74, 6) is -1.81. The fraction of sp³-hybridized carbons (Fsp3) is 0.296. The molecule has 1 aromatic heterocycles. The number of nitrogens with zero attached hydrogens (tertiary/aromatic N) is 1. The monoisotopic (exact) mass is 603 g/mol. The van der Waals surface area contributed by atoms with Crippen LogP contribution in [-0.4, -0.2) is 84.7 Å². The average molecular weight is 604 g/mol. The second kappa shape index (κ2) is 13.4. The first-order valence-corrected chi connectivity index (χ1v) is 14.0. The zero-order valence-electron chi connectivity index (χ0n) is 23.0. The third-order valence-corrected chi connectivity index (χ3v) is 8.02. The molecule has 0 spiro atoms. The third kappa shape index (κ3) is 6.82. The lowest BCUT2D eigenvalue weighted by Gasteiger charge is -2.26. The summed E-state index contributed by atoms with van der Waals surface area (Å²) >= 11 is 0. The van der Waals surface area contributed by atoms with Gasteiger partial charge in [0.15, 0.2) is 23.9 Å². The SMILES string of the molecule is COc1cc(S(=O)(=O)N2CCOCC2)ccc1NC(=O)COC(=O)c1cc(OC)c(OC)cc1NC(=O)c1ccco1. The first-order valence-electron chi connectivity index (χ1n) is 12.5. The number of carbonyl (C=O) groups excluding carboxylic acids is 3. The fourth-order valence-electron chi connectivity index (χ4n) is 4.01. The van der Waals surface area contributed by atoms with E-state index in [-0.39, 0.29) is 57.9 Å². The average Bonchev–Trinajstić information content (AvgIpc) is 3.55. The minimum atomic E-state index is -3.79. The number of hydrogen-bond donors (Lipinski definition) is 2. The quantitative estimate of drug-likeness (QED) is 0.308. The van der Waals surface area contributed by atoms with Gasteiger partial charge in [0.2, 0.25) is 10.0 Å². The molecular weight excluding hydrogens is 574 g/mol. The van der Waals surface area contributed by atoms with Gasteiger partial charge in [-0.25, -0.2) is 13.2 Å². The Hall–Kier alpha value is -4.60. The minimum Gasteiger partial charge on any atom is -0.495 e. The molecule has 0 bridgehead atoms.